The molecule has 110 valence electrons. The van der Waals surface area contributed by atoms with Crippen LogP contribution >= 0.6 is 0 Å². The topological polar surface area (TPSA) is 50.4 Å². The van der Waals surface area contributed by atoms with Crippen LogP contribution in [-0.4, -0.2) is 36.7 Å². The Morgan fingerprint density at radius 2 is 1.89 bits per heavy atom. The van der Waals surface area contributed by atoms with E-state index < -0.39 is 0 Å². The van der Waals surface area contributed by atoms with Gasteiger partial charge in [-0.15, -0.1) is 0 Å². The molecule has 0 bridgehead atoms. The molecule has 2 fully saturated rings. The van der Waals surface area contributed by atoms with Crippen molar-refractivity contribution in [3.05, 3.63) is 0 Å². The zero-order chi connectivity index (χ0) is 13.7. The normalized spacial score (nSPS) is 28.0. The quantitative estimate of drug-likeness (QED) is 0.820. The highest BCUT2D eigenvalue weighted by Gasteiger charge is 2.28. The van der Waals surface area contributed by atoms with Gasteiger partial charge in [0.15, 0.2) is 0 Å². The van der Waals surface area contributed by atoms with Gasteiger partial charge in [-0.1, -0.05) is 19.3 Å². The van der Waals surface area contributed by atoms with Crippen LogP contribution in [0.1, 0.15) is 58.8 Å². The number of hydrogen-bond donors (Lipinski definition) is 2. The molecule has 0 radical (unpaired) electrons. The molecule has 2 rings (SSSR count). The van der Waals surface area contributed by atoms with E-state index >= 15 is 0 Å². The van der Waals surface area contributed by atoms with E-state index in [1.165, 1.54) is 19.3 Å². The lowest BCUT2D eigenvalue weighted by molar-refractivity contribution is -0.121. The van der Waals surface area contributed by atoms with Gasteiger partial charge in [0.25, 0.3) is 0 Å². The van der Waals surface area contributed by atoms with Crippen LogP contribution in [0.2, 0.25) is 0 Å². The summed E-state index contributed by atoms with van der Waals surface area (Å²) in [4.78, 5) is 11.9. The van der Waals surface area contributed by atoms with Crippen LogP contribution in [-0.2, 0) is 9.53 Å². The SMILES string of the molecule is CC1(C)CC(NCC(=O)NC2CCCCC2)CCO1. The molecule has 1 amide bonds. The fourth-order valence-corrected chi connectivity index (χ4v) is 3.17. The highest BCUT2D eigenvalue weighted by Crippen LogP contribution is 2.23. The Morgan fingerprint density at radius 1 is 1.16 bits per heavy atom. The van der Waals surface area contributed by atoms with Gasteiger partial charge in [-0.25, -0.2) is 0 Å². The summed E-state index contributed by atoms with van der Waals surface area (Å²) in [7, 11) is 0. The minimum atomic E-state index is -0.0598. The molecular weight excluding hydrogens is 240 g/mol. The lowest BCUT2D eigenvalue weighted by atomic mass is 9.94. The Balaban J connectivity index is 1.65. The number of amides is 1. The Morgan fingerprint density at radius 3 is 2.58 bits per heavy atom. The maximum atomic E-state index is 11.9. The van der Waals surface area contributed by atoms with Crippen LogP contribution < -0.4 is 10.6 Å². The number of ether oxygens (including phenoxy) is 1. The molecule has 1 saturated heterocycles. The summed E-state index contributed by atoms with van der Waals surface area (Å²) in [6.45, 7) is 5.46. The van der Waals surface area contributed by atoms with Crippen LogP contribution in [0, 0.1) is 0 Å². The fraction of sp³-hybridized carbons (Fsp3) is 0.933. The number of nitrogens with one attached hydrogen (secondary N) is 2. The molecule has 1 saturated carbocycles. The van der Waals surface area contributed by atoms with Gasteiger partial charge in [0.05, 0.1) is 12.1 Å². The number of carbonyl (C=O) groups is 1. The largest absolute Gasteiger partial charge is 0.375 e. The molecule has 0 aromatic carbocycles. The van der Waals surface area contributed by atoms with Crippen molar-refractivity contribution in [2.45, 2.75) is 76.5 Å². The van der Waals surface area contributed by atoms with Crippen molar-refractivity contribution in [2.75, 3.05) is 13.2 Å². The number of carbonyl (C=O) groups excluding carboxylic acids is 1. The predicted molar refractivity (Wildman–Crippen MR) is 76.1 cm³/mol. The maximum absolute atomic E-state index is 11.9. The summed E-state index contributed by atoms with van der Waals surface area (Å²) in [5.41, 5.74) is -0.0598. The van der Waals surface area contributed by atoms with Gasteiger partial charge in [-0.3, -0.25) is 4.79 Å². The van der Waals surface area contributed by atoms with E-state index in [1.807, 2.05) is 0 Å². The van der Waals surface area contributed by atoms with Crippen LogP contribution in [0.4, 0.5) is 0 Å². The van der Waals surface area contributed by atoms with Crippen molar-refractivity contribution in [3.63, 3.8) is 0 Å². The molecule has 0 aromatic rings. The molecule has 0 spiro atoms. The lowest BCUT2D eigenvalue weighted by Crippen LogP contribution is -2.48. The molecule has 1 heterocycles. The Bertz CT molecular complexity index is 299. The van der Waals surface area contributed by atoms with E-state index in [2.05, 4.69) is 24.5 Å². The summed E-state index contributed by atoms with van der Waals surface area (Å²) in [6, 6.07) is 0.815. The highest BCUT2D eigenvalue weighted by molar-refractivity contribution is 5.78. The van der Waals surface area contributed by atoms with Crippen molar-refractivity contribution in [1.82, 2.24) is 10.6 Å². The first kappa shape index (κ1) is 14.8. The van der Waals surface area contributed by atoms with Gasteiger partial charge < -0.3 is 15.4 Å². The zero-order valence-corrected chi connectivity index (χ0v) is 12.3. The maximum Gasteiger partial charge on any atom is 0.234 e. The molecular formula is C15H28N2O2. The van der Waals surface area contributed by atoms with Gasteiger partial charge in [0.2, 0.25) is 5.91 Å². The molecule has 4 heteroatoms. The molecule has 0 aromatic heterocycles. The van der Waals surface area contributed by atoms with Crippen LogP contribution in [0.3, 0.4) is 0 Å². The molecule has 4 nitrogen and oxygen atoms in total. The fourth-order valence-electron chi connectivity index (χ4n) is 3.17. The van der Waals surface area contributed by atoms with Crippen molar-refractivity contribution < 1.29 is 9.53 Å². The second-order valence-corrected chi connectivity index (χ2v) is 6.58. The summed E-state index contributed by atoms with van der Waals surface area (Å²) in [5, 5.41) is 6.52. The summed E-state index contributed by atoms with van der Waals surface area (Å²) < 4.78 is 5.68. The Hall–Kier alpha value is -0.610. The molecule has 2 N–H and O–H groups in total. The molecule has 1 unspecified atom stereocenters. The van der Waals surface area contributed by atoms with E-state index in [9.17, 15) is 4.79 Å². The van der Waals surface area contributed by atoms with Gasteiger partial charge in [0.1, 0.15) is 0 Å². The average Bonchev–Trinajstić information content (AvgIpc) is 2.36. The van der Waals surface area contributed by atoms with Crippen LogP contribution in [0.25, 0.3) is 0 Å². The van der Waals surface area contributed by atoms with E-state index in [4.69, 9.17) is 4.74 Å². The monoisotopic (exact) mass is 268 g/mol. The molecule has 1 aliphatic heterocycles. The second-order valence-electron chi connectivity index (χ2n) is 6.58. The first-order valence-corrected chi connectivity index (χ1v) is 7.72. The van der Waals surface area contributed by atoms with Crippen molar-refractivity contribution in [2.24, 2.45) is 0 Å². The minimum absolute atomic E-state index is 0.0598. The van der Waals surface area contributed by atoms with E-state index in [1.54, 1.807) is 0 Å². The van der Waals surface area contributed by atoms with Gasteiger partial charge in [-0.2, -0.15) is 0 Å². The van der Waals surface area contributed by atoms with Crippen LogP contribution in [0.5, 0.6) is 0 Å². The minimum Gasteiger partial charge on any atom is -0.375 e. The van der Waals surface area contributed by atoms with Gasteiger partial charge in [-0.05, 0) is 39.5 Å². The Labute approximate surface area is 116 Å². The van der Waals surface area contributed by atoms with E-state index in [-0.39, 0.29) is 11.5 Å². The first-order valence-electron chi connectivity index (χ1n) is 7.72. The standard InChI is InChI=1S/C15H28N2O2/c1-15(2)10-13(8-9-19-15)16-11-14(18)17-12-6-4-3-5-7-12/h12-13,16H,3-11H2,1-2H3,(H,17,18). The number of rotatable bonds is 4. The first-order chi connectivity index (χ1) is 9.05. The van der Waals surface area contributed by atoms with Crippen LogP contribution in [0.15, 0.2) is 0 Å². The van der Waals surface area contributed by atoms with E-state index in [0.29, 0.717) is 18.6 Å². The molecule has 1 atom stereocenters. The van der Waals surface area contributed by atoms with Gasteiger partial charge >= 0.3 is 0 Å². The highest BCUT2D eigenvalue weighted by atomic mass is 16.5. The lowest BCUT2D eigenvalue weighted by Gasteiger charge is -2.36. The summed E-state index contributed by atoms with van der Waals surface area (Å²) in [5.74, 6) is 0.149. The summed E-state index contributed by atoms with van der Waals surface area (Å²) in [6.07, 6.45) is 8.11. The van der Waals surface area contributed by atoms with Crippen molar-refractivity contribution in [3.8, 4) is 0 Å². The smallest absolute Gasteiger partial charge is 0.234 e. The van der Waals surface area contributed by atoms with Gasteiger partial charge in [0, 0.05) is 18.7 Å². The molecule has 19 heavy (non-hydrogen) atoms. The molecule has 1 aliphatic carbocycles. The zero-order valence-electron chi connectivity index (χ0n) is 12.3. The second kappa shape index (κ2) is 6.71. The van der Waals surface area contributed by atoms with E-state index in [0.717, 1.165) is 32.3 Å². The third-order valence-corrected chi connectivity index (χ3v) is 4.22. The Kier molecular flexibility index (Phi) is 5.22. The van der Waals surface area contributed by atoms with Crippen molar-refractivity contribution in [1.29, 1.82) is 0 Å². The average molecular weight is 268 g/mol. The summed E-state index contributed by atoms with van der Waals surface area (Å²) >= 11 is 0. The van der Waals surface area contributed by atoms with Crippen molar-refractivity contribution >= 4 is 5.91 Å². The predicted octanol–water partition coefficient (Wildman–Crippen LogP) is 1.98. The third-order valence-electron chi connectivity index (χ3n) is 4.22. The molecule has 2 aliphatic rings. The number of hydrogen-bond acceptors (Lipinski definition) is 3. The third kappa shape index (κ3) is 5.11.